The largest absolute Gasteiger partial charge is 0.349 e. The number of rotatable bonds is 5. The van der Waals surface area contributed by atoms with Gasteiger partial charge in [0.15, 0.2) is 4.96 Å². The Hall–Kier alpha value is -3.11. The average Bonchev–Trinajstić information content (AvgIpc) is 3.63. The van der Waals surface area contributed by atoms with Gasteiger partial charge in [-0.2, -0.15) is 0 Å². The van der Waals surface area contributed by atoms with Gasteiger partial charge < -0.3 is 10.2 Å². The van der Waals surface area contributed by atoms with Gasteiger partial charge in [0.1, 0.15) is 17.2 Å². The molecule has 0 spiro atoms. The molecule has 1 saturated heterocycles. The lowest BCUT2D eigenvalue weighted by molar-refractivity contribution is 0.0645. The van der Waals surface area contributed by atoms with Crippen LogP contribution >= 0.6 is 22.7 Å². The summed E-state index contributed by atoms with van der Waals surface area (Å²) in [4.78, 5) is 39.7. The van der Waals surface area contributed by atoms with Crippen molar-refractivity contribution in [1.82, 2.24) is 24.6 Å². The molecule has 10 heteroatoms. The molecule has 2 amide bonds. The molecule has 186 valence electrons. The standard InChI is InChI=1S/C26H26FN5O2S2/c1-14-22(31-9-10-35-26(31)29-14)24(33)28-13-19-12-16-5-4-8-20(16)32(19)25(34)21-23(36-15(2)30-21)17-6-3-7-18(27)11-17/h3,6-7,9-11,16,19-20H,4-5,8,12-13H2,1-2H3,(H,28,33)/t16-,19-,20-/m0/s1. The number of aryl methyl sites for hydroxylation is 2. The van der Waals surface area contributed by atoms with Crippen LogP contribution in [0.3, 0.4) is 0 Å². The van der Waals surface area contributed by atoms with Crippen molar-refractivity contribution in [3.05, 3.63) is 63.7 Å². The molecule has 2 fully saturated rings. The molecule has 1 N–H and O–H groups in total. The highest BCUT2D eigenvalue weighted by molar-refractivity contribution is 7.15. The molecular formula is C26H26FN5O2S2. The molecule has 1 aromatic carbocycles. The normalized spacial score (nSPS) is 21.3. The third kappa shape index (κ3) is 3.92. The maximum atomic E-state index is 14.0. The number of imidazole rings is 1. The minimum Gasteiger partial charge on any atom is -0.349 e. The first kappa shape index (κ1) is 23.3. The molecule has 4 aromatic rings. The molecule has 4 heterocycles. The van der Waals surface area contributed by atoms with E-state index in [1.54, 1.807) is 6.07 Å². The van der Waals surface area contributed by atoms with Crippen LogP contribution in [0.5, 0.6) is 0 Å². The number of benzene rings is 1. The summed E-state index contributed by atoms with van der Waals surface area (Å²) in [5, 5.41) is 5.75. The maximum Gasteiger partial charge on any atom is 0.274 e. The molecule has 6 rings (SSSR count). The fraction of sp³-hybridized carbons (Fsp3) is 0.385. The van der Waals surface area contributed by atoms with Crippen molar-refractivity contribution < 1.29 is 14.0 Å². The number of hydrogen-bond acceptors (Lipinski definition) is 6. The van der Waals surface area contributed by atoms with Crippen LogP contribution in [0, 0.1) is 25.6 Å². The lowest BCUT2D eigenvalue weighted by Gasteiger charge is -2.30. The minimum atomic E-state index is -0.343. The third-order valence-electron chi connectivity index (χ3n) is 7.35. The Balaban J connectivity index is 1.28. The first-order chi connectivity index (χ1) is 17.4. The summed E-state index contributed by atoms with van der Waals surface area (Å²) >= 11 is 2.89. The van der Waals surface area contributed by atoms with Crippen molar-refractivity contribution in [1.29, 1.82) is 0 Å². The number of carbonyl (C=O) groups excluding carboxylic acids is 2. The quantitative estimate of drug-likeness (QED) is 0.395. The Morgan fingerprint density at radius 2 is 2.08 bits per heavy atom. The second-order valence-corrected chi connectivity index (χ2v) is 11.7. The van der Waals surface area contributed by atoms with E-state index >= 15 is 0 Å². The monoisotopic (exact) mass is 523 g/mol. The highest BCUT2D eigenvalue weighted by Crippen LogP contribution is 2.43. The van der Waals surface area contributed by atoms with E-state index in [0.29, 0.717) is 40.0 Å². The molecule has 0 radical (unpaired) electrons. The lowest BCUT2D eigenvalue weighted by Crippen LogP contribution is -2.47. The number of nitrogens with zero attached hydrogens (tertiary/aromatic N) is 4. The minimum absolute atomic E-state index is 0.120. The number of hydrogen-bond donors (Lipinski definition) is 1. The summed E-state index contributed by atoms with van der Waals surface area (Å²) in [6, 6.07) is 6.33. The van der Waals surface area contributed by atoms with Crippen molar-refractivity contribution in [2.24, 2.45) is 5.92 Å². The van der Waals surface area contributed by atoms with Gasteiger partial charge in [-0.25, -0.2) is 14.4 Å². The molecule has 1 aliphatic carbocycles. The van der Waals surface area contributed by atoms with E-state index in [1.165, 1.54) is 34.8 Å². The number of halogens is 1. The van der Waals surface area contributed by atoms with Gasteiger partial charge >= 0.3 is 0 Å². The number of likely N-dealkylation sites (tertiary alicyclic amines) is 1. The van der Waals surface area contributed by atoms with Gasteiger partial charge in [0.05, 0.1) is 21.6 Å². The van der Waals surface area contributed by atoms with Crippen LogP contribution in [0.15, 0.2) is 35.8 Å². The van der Waals surface area contributed by atoms with Gasteiger partial charge in [0.2, 0.25) is 0 Å². The zero-order chi connectivity index (χ0) is 25.0. The Labute approximate surface area is 216 Å². The Morgan fingerprint density at radius 3 is 2.92 bits per heavy atom. The van der Waals surface area contributed by atoms with Crippen molar-refractivity contribution >= 4 is 39.4 Å². The molecule has 2 aliphatic rings. The van der Waals surface area contributed by atoms with Crippen LogP contribution in [0.25, 0.3) is 15.4 Å². The predicted molar refractivity (Wildman–Crippen MR) is 138 cm³/mol. The molecule has 1 saturated carbocycles. The Kier molecular flexibility index (Phi) is 5.88. The maximum absolute atomic E-state index is 14.0. The Morgan fingerprint density at radius 1 is 1.22 bits per heavy atom. The molecule has 1 aliphatic heterocycles. The van der Waals surface area contributed by atoms with E-state index in [4.69, 9.17) is 0 Å². The van der Waals surface area contributed by atoms with Crippen LogP contribution in [0.4, 0.5) is 4.39 Å². The van der Waals surface area contributed by atoms with Gasteiger partial charge in [-0.1, -0.05) is 18.6 Å². The van der Waals surface area contributed by atoms with Crippen LogP contribution in [0.1, 0.15) is 57.4 Å². The zero-order valence-electron chi connectivity index (χ0n) is 20.0. The zero-order valence-corrected chi connectivity index (χ0v) is 21.7. The number of aromatic nitrogens is 3. The molecule has 3 atom stereocenters. The van der Waals surface area contributed by atoms with E-state index in [2.05, 4.69) is 15.3 Å². The summed E-state index contributed by atoms with van der Waals surface area (Å²) in [6.45, 7) is 4.07. The van der Waals surface area contributed by atoms with Crippen molar-refractivity contribution in [3.63, 3.8) is 0 Å². The first-order valence-corrected chi connectivity index (χ1v) is 13.9. The van der Waals surface area contributed by atoms with Gasteiger partial charge in [-0.3, -0.25) is 14.0 Å². The summed E-state index contributed by atoms with van der Waals surface area (Å²) < 4.78 is 15.8. The number of thiazole rings is 2. The molecule has 36 heavy (non-hydrogen) atoms. The lowest BCUT2D eigenvalue weighted by atomic mass is 10.0. The summed E-state index contributed by atoms with van der Waals surface area (Å²) in [5.41, 5.74) is 2.25. The first-order valence-electron chi connectivity index (χ1n) is 12.2. The SMILES string of the molecule is Cc1nc(C(=O)N2[C@H](CNC(=O)c3c(C)nc4sccn34)C[C@@H]3CCC[C@@H]32)c(-c2cccc(F)c2)s1. The highest BCUT2D eigenvalue weighted by atomic mass is 32.1. The second kappa shape index (κ2) is 9.08. The molecule has 7 nitrogen and oxygen atoms in total. The van der Waals surface area contributed by atoms with Crippen LogP contribution in [-0.4, -0.2) is 49.7 Å². The number of carbonyl (C=O) groups is 2. The molecule has 3 aromatic heterocycles. The smallest absolute Gasteiger partial charge is 0.274 e. The summed E-state index contributed by atoms with van der Waals surface area (Å²) in [5.74, 6) is -0.237. The van der Waals surface area contributed by atoms with Crippen molar-refractivity contribution in [2.45, 2.75) is 51.6 Å². The predicted octanol–water partition coefficient (Wildman–Crippen LogP) is 5.09. The molecule has 0 bridgehead atoms. The van der Waals surface area contributed by atoms with Crippen LogP contribution in [0.2, 0.25) is 0 Å². The number of nitrogens with one attached hydrogen (secondary N) is 1. The van der Waals surface area contributed by atoms with Gasteiger partial charge in [-0.15, -0.1) is 22.7 Å². The fourth-order valence-corrected chi connectivity index (χ4v) is 7.54. The highest BCUT2D eigenvalue weighted by Gasteiger charge is 2.47. The van der Waals surface area contributed by atoms with E-state index in [9.17, 15) is 14.0 Å². The second-order valence-electron chi connectivity index (χ2n) is 9.59. The summed E-state index contributed by atoms with van der Waals surface area (Å²) in [6.07, 6.45) is 5.84. The molecular weight excluding hydrogens is 497 g/mol. The van der Waals surface area contributed by atoms with E-state index < -0.39 is 0 Å². The number of fused-ring (bicyclic) bond motifs is 2. The van der Waals surface area contributed by atoms with Crippen molar-refractivity contribution in [2.75, 3.05) is 6.54 Å². The van der Waals surface area contributed by atoms with E-state index in [-0.39, 0.29) is 29.7 Å². The Bertz CT molecular complexity index is 1470. The van der Waals surface area contributed by atoms with Crippen LogP contribution < -0.4 is 5.32 Å². The van der Waals surface area contributed by atoms with E-state index in [0.717, 1.165) is 35.7 Å². The van der Waals surface area contributed by atoms with Crippen molar-refractivity contribution in [3.8, 4) is 10.4 Å². The molecule has 0 unspecified atom stereocenters. The fourth-order valence-electron chi connectivity index (χ4n) is 5.87. The van der Waals surface area contributed by atoms with Gasteiger partial charge in [-0.05, 0) is 56.7 Å². The van der Waals surface area contributed by atoms with E-state index in [1.807, 2.05) is 40.8 Å². The topological polar surface area (TPSA) is 79.6 Å². The van der Waals surface area contributed by atoms with Crippen LogP contribution in [-0.2, 0) is 0 Å². The summed E-state index contributed by atoms with van der Waals surface area (Å²) in [7, 11) is 0. The van der Waals surface area contributed by atoms with Gasteiger partial charge in [0, 0.05) is 24.2 Å². The average molecular weight is 524 g/mol. The number of amides is 2. The van der Waals surface area contributed by atoms with Gasteiger partial charge in [0.25, 0.3) is 11.8 Å². The third-order valence-corrected chi connectivity index (χ3v) is 9.13.